The molecule has 1 aromatic rings. The standard InChI is InChI=1S/C8H13F3N4O2S/c1-12-2-3-14-18(16,17)7-4-13-15(5-7)6-8(9,10)11/h4-5,12,14H,2-3,6H2,1H3. The van der Waals surface area contributed by atoms with Crippen LogP contribution in [0.2, 0.25) is 0 Å². The van der Waals surface area contributed by atoms with Crippen molar-refractivity contribution in [3.05, 3.63) is 12.4 Å². The van der Waals surface area contributed by atoms with Gasteiger partial charge in [-0.2, -0.15) is 18.3 Å². The van der Waals surface area contributed by atoms with Gasteiger partial charge in [0, 0.05) is 19.3 Å². The summed E-state index contributed by atoms with van der Waals surface area (Å²) in [7, 11) is -2.16. The molecule has 0 radical (unpaired) electrons. The fraction of sp³-hybridized carbons (Fsp3) is 0.625. The Morgan fingerprint density at radius 2 is 2.06 bits per heavy atom. The van der Waals surface area contributed by atoms with Gasteiger partial charge in [-0.15, -0.1) is 0 Å². The summed E-state index contributed by atoms with van der Waals surface area (Å²) in [5.41, 5.74) is 0. The monoisotopic (exact) mass is 286 g/mol. The number of aromatic nitrogens is 2. The summed E-state index contributed by atoms with van der Waals surface area (Å²) in [5.74, 6) is 0. The first-order chi connectivity index (χ1) is 8.24. The van der Waals surface area contributed by atoms with Gasteiger partial charge in [-0.3, -0.25) is 4.68 Å². The molecule has 6 nitrogen and oxygen atoms in total. The van der Waals surface area contributed by atoms with Crippen molar-refractivity contribution in [2.24, 2.45) is 0 Å². The Morgan fingerprint density at radius 1 is 1.39 bits per heavy atom. The molecule has 0 bridgehead atoms. The molecule has 0 atom stereocenters. The van der Waals surface area contributed by atoms with Gasteiger partial charge < -0.3 is 5.32 Å². The zero-order valence-electron chi connectivity index (χ0n) is 9.53. The van der Waals surface area contributed by atoms with Crippen molar-refractivity contribution in [2.75, 3.05) is 20.1 Å². The SMILES string of the molecule is CNCCNS(=O)(=O)c1cnn(CC(F)(F)F)c1. The Bertz CT molecular complexity index is 483. The number of hydrogen-bond donors (Lipinski definition) is 2. The second-order valence-electron chi connectivity index (χ2n) is 3.49. The Morgan fingerprint density at radius 3 is 2.61 bits per heavy atom. The lowest BCUT2D eigenvalue weighted by Gasteiger charge is -2.05. The number of halogens is 3. The van der Waals surface area contributed by atoms with Gasteiger partial charge in [0.2, 0.25) is 10.0 Å². The molecule has 0 aromatic carbocycles. The van der Waals surface area contributed by atoms with Gasteiger partial charge in [0.25, 0.3) is 0 Å². The molecule has 104 valence electrons. The highest BCUT2D eigenvalue weighted by Gasteiger charge is 2.29. The number of likely N-dealkylation sites (N-methyl/N-ethyl adjacent to an activating group) is 1. The fourth-order valence-electron chi connectivity index (χ4n) is 1.15. The Kier molecular flexibility index (Phi) is 4.71. The number of nitrogens with zero attached hydrogens (tertiary/aromatic N) is 2. The Balaban J connectivity index is 2.72. The number of nitrogens with one attached hydrogen (secondary N) is 2. The molecule has 10 heteroatoms. The van der Waals surface area contributed by atoms with Crippen molar-refractivity contribution in [1.29, 1.82) is 0 Å². The van der Waals surface area contributed by atoms with Gasteiger partial charge in [-0.05, 0) is 7.05 Å². The largest absolute Gasteiger partial charge is 0.408 e. The van der Waals surface area contributed by atoms with E-state index in [9.17, 15) is 21.6 Å². The molecule has 1 heterocycles. The topological polar surface area (TPSA) is 76.0 Å². The molecule has 0 spiro atoms. The molecule has 0 unspecified atom stereocenters. The van der Waals surface area contributed by atoms with Crippen molar-refractivity contribution in [2.45, 2.75) is 17.6 Å². The van der Waals surface area contributed by atoms with Gasteiger partial charge in [0.15, 0.2) is 0 Å². The summed E-state index contributed by atoms with van der Waals surface area (Å²) in [6, 6.07) is 0. The molecule has 0 aliphatic rings. The van der Waals surface area contributed by atoms with Crippen molar-refractivity contribution in [1.82, 2.24) is 19.8 Å². The van der Waals surface area contributed by atoms with Crippen molar-refractivity contribution in [3.8, 4) is 0 Å². The van der Waals surface area contributed by atoms with Gasteiger partial charge in [-0.1, -0.05) is 0 Å². The van der Waals surface area contributed by atoms with Crippen LogP contribution in [-0.2, 0) is 16.6 Å². The summed E-state index contributed by atoms with van der Waals surface area (Å²) >= 11 is 0. The third kappa shape index (κ3) is 4.63. The highest BCUT2D eigenvalue weighted by atomic mass is 32.2. The highest BCUT2D eigenvalue weighted by Crippen LogP contribution is 2.17. The summed E-state index contributed by atoms with van der Waals surface area (Å²) in [6.45, 7) is -0.766. The van der Waals surface area contributed by atoms with Crippen molar-refractivity contribution < 1.29 is 21.6 Å². The van der Waals surface area contributed by atoms with Gasteiger partial charge in [0.1, 0.15) is 11.4 Å². The third-order valence-corrected chi connectivity index (χ3v) is 3.34. The van der Waals surface area contributed by atoms with E-state index in [-0.39, 0.29) is 11.4 Å². The van der Waals surface area contributed by atoms with Crippen LogP contribution in [0.4, 0.5) is 13.2 Å². The first-order valence-corrected chi connectivity index (χ1v) is 6.46. The molecule has 0 aliphatic carbocycles. The van der Waals surface area contributed by atoms with E-state index >= 15 is 0 Å². The molecule has 1 aromatic heterocycles. The van der Waals surface area contributed by atoms with E-state index in [1.54, 1.807) is 7.05 Å². The first-order valence-electron chi connectivity index (χ1n) is 4.98. The maximum Gasteiger partial charge on any atom is 0.408 e. The van der Waals surface area contributed by atoms with E-state index < -0.39 is 22.7 Å². The molecule has 0 fully saturated rings. The lowest BCUT2D eigenvalue weighted by Crippen LogP contribution is -2.30. The van der Waals surface area contributed by atoms with E-state index in [1.165, 1.54) is 0 Å². The van der Waals surface area contributed by atoms with Crippen LogP contribution in [0.1, 0.15) is 0 Å². The molecular formula is C8H13F3N4O2S. The summed E-state index contributed by atoms with van der Waals surface area (Å²) in [5, 5.41) is 6.09. The fourth-order valence-corrected chi connectivity index (χ4v) is 2.13. The van der Waals surface area contributed by atoms with E-state index in [0.29, 0.717) is 11.2 Å². The predicted octanol–water partition coefficient (Wildman–Crippen LogP) is -0.0569. The van der Waals surface area contributed by atoms with Crippen LogP contribution in [0.5, 0.6) is 0 Å². The molecule has 0 saturated carbocycles. The first kappa shape index (κ1) is 14.9. The Labute approximate surface area is 102 Å². The third-order valence-electron chi connectivity index (χ3n) is 1.93. The number of rotatable bonds is 6. The summed E-state index contributed by atoms with van der Waals surface area (Å²) in [6.07, 6.45) is -2.71. The highest BCUT2D eigenvalue weighted by molar-refractivity contribution is 7.89. The van der Waals surface area contributed by atoms with Gasteiger partial charge >= 0.3 is 6.18 Å². The quantitative estimate of drug-likeness (QED) is 0.719. The van der Waals surface area contributed by atoms with Crippen LogP contribution >= 0.6 is 0 Å². The maximum atomic E-state index is 12.1. The van der Waals surface area contributed by atoms with Crippen LogP contribution in [0.15, 0.2) is 17.3 Å². The van der Waals surface area contributed by atoms with Crippen LogP contribution in [0.25, 0.3) is 0 Å². The second-order valence-corrected chi connectivity index (χ2v) is 5.26. The summed E-state index contributed by atoms with van der Waals surface area (Å²) < 4.78 is 62.2. The zero-order chi connectivity index (χ0) is 13.8. The summed E-state index contributed by atoms with van der Waals surface area (Å²) in [4.78, 5) is -0.289. The van der Waals surface area contributed by atoms with Crippen molar-refractivity contribution >= 4 is 10.0 Å². The van der Waals surface area contributed by atoms with Gasteiger partial charge in [-0.25, -0.2) is 13.1 Å². The van der Waals surface area contributed by atoms with Crippen LogP contribution in [0.3, 0.4) is 0 Å². The van der Waals surface area contributed by atoms with Crippen LogP contribution < -0.4 is 10.0 Å². The van der Waals surface area contributed by atoms with Gasteiger partial charge in [0.05, 0.1) is 6.20 Å². The molecular weight excluding hydrogens is 273 g/mol. The van der Waals surface area contributed by atoms with E-state index in [0.717, 1.165) is 12.4 Å². The minimum Gasteiger partial charge on any atom is -0.318 e. The normalized spacial score (nSPS) is 12.9. The Hall–Kier alpha value is -1.13. The molecule has 2 N–H and O–H groups in total. The lowest BCUT2D eigenvalue weighted by atomic mass is 10.6. The molecule has 0 amide bonds. The van der Waals surface area contributed by atoms with Crippen molar-refractivity contribution in [3.63, 3.8) is 0 Å². The van der Waals surface area contributed by atoms with E-state index in [1.807, 2.05) is 0 Å². The molecule has 0 aliphatic heterocycles. The smallest absolute Gasteiger partial charge is 0.318 e. The average molecular weight is 286 g/mol. The average Bonchev–Trinajstić information content (AvgIpc) is 2.64. The minimum atomic E-state index is -4.44. The van der Waals surface area contributed by atoms with E-state index in [4.69, 9.17) is 0 Å². The lowest BCUT2D eigenvalue weighted by molar-refractivity contribution is -0.142. The number of hydrogen-bond acceptors (Lipinski definition) is 4. The molecule has 0 saturated heterocycles. The van der Waals surface area contributed by atoms with Crippen LogP contribution in [-0.4, -0.2) is 44.5 Å². The minimum absolute atomic E-state index is 0.142. The number of sulfonamides is 1. The zero-order valence-corrected chi connectivity index (χ0v) is 10.3. The molecule has 18 heavy (non-hydrogen) atoms. The predicted molar refractivity (Wildman–Crippen MR) is 57.4 cm³/mol. The van der Waals surface area contributed by atoms with E-state index in [2.05, 4.69) is 15.1 Å². The maximum absolute atomic E-state index is 12.1. The number of alkyl halides is 3. The van der Waals surface area contributed by atoms with Crippen LogP contribution in [0, 0.1) is 0 Å². The second kappa shape index (κ2) is 5.67. The molecule has 1 rings (SSSR count).